The van der Waals surface area contributed by atoms with Gasteiger partial charge in [0.25, 0.3) is 5.56 Å². The van der Waals surface area contributed by atoms with Crippen molar-refractivity contribution in [2.24, 2.45) is 0 Å². The van der Waals surface area contributed by atoms with Crippen molar-refractivity contribution in [3.63, 3.8) is 0 Å². The third-order valence-corrected chi connectivity index (χ3v) is 5.87. The first-order chi connectivity index (χ1) is 14.6. The van der Waals surface area contributed by atoms with Gasteiger partial charge in [0.2, 0.25) is 11.9 Å². The molecule has 3 aromatic rings. The lowest BCUT2D eigenvalue weighted by molar-refractivity contribution is -0.116. The van der Waals surface area contributed by atoms with Crippen LogP contribution in [-0.2, 0) is 22.7 Å². The molecular formula is C21H24N6O3. The summed E-state index contributed by atoms with van der Waals surface area (Å²) in [5, 5.41) is 10.8. The molecule has 156 valence electrons. The van der Waals surface area contributed by atoms with Gasteiger partial charge in [-0.15, -0.1) is 0 Å². The van der Waals surface area contributed by atoms with Gasteiger partial charge < -0.3 is 15.4 Å². The lowest BCUT2D eigenvalue weighted by Gasteiger charge is -2.15. The number of hydrogen-bond donors (Lipinski definition) is 3. The third kappa shape index (κ3) is 3.45. The molecule has 0 bridgehead atoms. The third-order valence-electron chi connectivity index (χ3n) is 5.87. The molecule has 2 aromatic heterocycles. The standard InChI is InChI=1S/C21H24N6O3/c1-12(19(28)24-15-7-6-13-10-30-11-14(13)8-15)23-21-25-18-17(20(29)26-21)9-22-27(18)16-4-2-3-5-16/h6-9,12,16H,2-5,10-11H2,1H3,(H,24,28)(H2,23,25,26,29)/t12-/m1/s1. The Morgan fingerprint density at radius 3 is 2.90 bits per heavy atom. The minimum atomic E-state index is -0.599. The van der Waals surface area contributed by atoms with Gasteiger partial charge in [0, 0.05) is 5.69 Å². The molecule has 3 heterocycles. The Bertz CT molecular complexity index is 1160. The first-order valence-corrected chi connectivity index (χ1v) is 10.3. The van der Waals surface area contributed by atoms with Crippen LogP contribution in [-0.4, -0.2) is 31.7 Å². The van der Waals surface area contributed by atoms with Crippen molar-refractivity contribution in [2.45, 2.75) is 57.9 Å². The van der Waals surface area contributed by atoms with Crippen LogP contribution in [0.2, 0.25) is 0 Å². The molecule has 9 heteroatoms. The lowest BCUT2D eigenvalue weighted by Crippen LogP contribution is -2.33. The molecule has 1 fully saturated rings. The zero-order valence-corrected chi connectivity index (χ0v) is 16.8. The Kier molecular flexibility index (Phi) is 4.74. The summed E-state index contributed by atoms with van der Waals surface area (Å²) >= 11 is 0. The van der Waals surface area contributed by atoms with Gasteiger partial charge in [-0.2, -0.15) is 10.1 Å². The molecule has 0 unspecified atom stereocenters. The highest BCUT2D eigenvalue weighted by Crippen LogP contribution is 2.30. The minimum Gasteiger partial charge on any atom is -0.372 e. The molecule has 1 saturated carbocycles. The topological polar surface area (TPSA) is 114 Å². The molecule has 2 aliphatic rings. The Hall–Kier alpha value is -3.20. The number of aromatic amines is 1. The number of H-pyrrole nitrogens is 1. The van der Waals surface area contributed by atoms with Crippen LogP contribution in [0.25, 0.3) is 11.0 Å². The fraction of sp³-hybridized carbons (Fsp3) is 0.429. The van der Waals surface area contributed by atoms with E-state index in [9.17, 15) is 9.59 Å². The van der Waals surface area contributed by atoms with Gasteiger partial charge in [0.15, 0.2) is 5.65 Å². The van der Waals surface area contributed by atoms with Crippen LogP contribution in [0, 0.1) is 0 Å². The number of anilines is 2. The van der Waals surface area contributed by atoms with E-state index in [0.29, 0.717) is 29.9 Å². The summed E-state index contributed by atoms with van der Waals surface area (Å²) in [6, 6.07) is 5.43. The van der Waals surface area contributed by atoms with Crippen molar-refractivity contribution < 1.29 is 9.53 Å². The van der Waals surface area contributed by atoms with Crippen LogP contribution in [0.15, 0.2) is 29.2 Å². The van der Waals surface area contributed by atoms with E-state index in [1.54, 1.807) is 13.1 Å². The summed E-state index contributed by atoms with van der Waals surface area (Å²) < 4.78 is 7.26. The molecule has 0 spiro atoms. The van der Waals surface area contributed by atoms with Gasteiger partial charge in [-0.1, -0.05) is 18.9 Å². The maximum atomic E-state index is 12.6. The van der Waals surface area contributed by atoms with E-state index in [0.717, 1.165) is 36.8 Å². The van der Waals surface area contributed by atoms with Gasteiger partial charge in [-0.25, -0.2) is 4.68 Å². The lowest BCUT2D eigenvalue weighted by atomic mass is 10.1. The molecule has 9 nitrogen and oxygen atoms in total. The molecule has 1 aliphatic heterocycles. The number of carbonyl (C=O) groups excluding carboxylic acids is 1. The van der Waals surface area contributed by atoms with Gasteiger partial charge in [-0.3, -0.25) is 14.6 Å². The number of fused-ring (bicyclic) bond motifs is 2. The second-order valence-corrected chi connectivity index (χ2v) is 8.01. The number of rotatable bonds is 5. The molecule has 1 amide bonds. The molecule has 1 atom stereocenters. The highest BCUT2D eigenvalue weighted by molar-refractivity contribution is 5.96. The normalized spacial score (nSPS) is 17.2. The fourth-order valence-corrected chi connectivity index (χ4v) is 4.19. The monoisotopic (exact) mass is 408 g/mol. The summed E-state index contributed by atoms with van der Waals surface area (Å²) in [7, 11) is 0. The van der Waals surface area contributed by atoms with Crippen LogP contribution < -0.4 is 16.2 Å². The van der Waals surface area contributed by atoms with E-state index in [4.69, 9.17) is 4.74 Å². The molecule has 0 radical (unpaired) electrons. The zero-order valence-electron chi connectivity index (χ0n) is 16.8. The number of hydrogen-bond acceptors (Lipinski definition) is 6. The Morgan fingerprint density at radius 2 is 2.07 bits per heavy atom. The maximum absolute atomic E-state index is 12.6. The second kappa shape index (κ2) is 7.56. The average molecular weight is 408 g/mol. The average Bonchev–Trinajstić information content (AvgIpc) is 3.47. The van der Waals surface area contributed by atoms with E-state index in [-0.39, 0.29) is 23.5 Å². The quantitative estimate of drug-likeness (QED) is 0.598. The van der Waals surface area contributed by atoms with Gasteiger partial charge in [0.1, 0.15) is 11.4 Å². The van der Waals surface area contributed by atoms with E-state index in [1.165, 1.54) is 0 Å². The largest absolute Gasteiger partial charge is 0.372 e. The van der Waals surface area contributed by atoms with Crippen molar-refractivity contribution in [3.8, 4) is 0 Å². The van der Waals surface area contributed by atoms with E-state index in [1.807, 2.05) is 22.9 Å². The molecule has 5 rings (SSSR count). The molecule has 1 aromatic carbocycles. The van der Waals surface area contributed by atoms with E-state index in [2.05, 4.69) is 25.7 Å². The summed E-state index contributed by atoms with van der Waals surface area (Å²) in [5.74, 6) is 0.0400. The first kappa shape index (κ1) is 18.8. The molecule has 30 heavy (non-hydrogen) atoms. The first-order valence-electron chi connectivity index (χ1n) is 10.3. The summed E-state index contributed by atoms with van der Waals surface area (Å²) in [4.78, 5) is 32.4. The highest BCUT2D eigenvalue weighted by Gasteiger charge is 2.22. The fourth-order valence-electron chi connectivity index (χ4n) is 4.19. The van der Waals surface area contributed by atoms with Crippen molar-refractivity contribution >= 4 is 28.6 Å². The van der Waals surface area contributed by atoms with Crippen molar-refractivity contribution in [2.75, 3.05) is 10.6 Å². The van der Waals surface area contributed by atoms with Crippen LogP contribution in [0.5, 0.6) is 0 Å². The zero-order chi connectivity index (χ0) is 20.7. The Balaban J connectivity index is 1.33. The van der Waals surface area contributed by atoms with Crippen molar-refractivity contribution in [1.82, 2.24) is 19.7 Å². The van der Waals surface area contributed by atoms with Crippen molar-refractivity contribution in [1.29, 1.82) is 0 Å². The predicted octanol–water partition coefficient (Wildman–Crippen LogP) is 2.70. The maximum Gasteiger partial charge on any atom is 0.263 e. The number of carbonyl (C=O) groups is 1. The molecule has 1 aliphatic carbocycles. The van der Waals surface area contributed by atoms with Gasteiger partial charge in [-0.05, 0) is 43.0 Å². The number of benzene rings is 1. The Morgan fingerprint density at radius 1 is 1.27 bits per heavy atom. The second-order valence-electron chi connectivity index (χ2n) is 8.01. The van der Waals surface area contributed by atoms with E-state index >= 15 is 0 Å². The number of aromatic nitrogens is 4. The molecule has 0 saturated heterocycles. The van der Waals surface area contributed by atoms with Crippen LogP contribution in [0.3, 0.4) is 0 Å². The number of nitrogens with zero attached hydrogens (tertiary/aromatic N) is 3. The predicted molar refractivity (Wildman–Crippen MR) is 112 cm³/mol. The molecule has 3 N–H and O–H groups in total. The van der Waals surface area contributed by atoms with Crippen LogP contribution in [0.4, 0.5) is 11.6 Å². The summed E-state index contributed by atoms with van der Waals surface area (Å²) in [6.07, 6.45) is 5.97. The highest BCUT2D eigenvalue weighted by atomic mass is 16.5. The van der Waals surface area contributed by atoms with Crippen LogP contribution in [0.1, 0.15) is 49.8 Å². The van der Waals surface area contributed by atoms with Crippen molar-refractivity contribution in [3.05, 3.63) is 45.9 Å². The Labute approximate surface area is 172 Å². The smallest absolute Gasteiger partial charge is 0.263 e. The molecular weight excluding hydrogens is 384 g/mol. The van der Waals surface area contributed by atoms with E-state index < -0.39 is 6.04 Å². The van der Waals surface area contributed by atoms with Gasteiger partial charge >= 0.3 is 0 Å². The number of ether oxygens (including phenoxy) is 1. The number of nitrogens with one attached hydrogen (secondary N) is 3. The van der Waals surface area contributed by atoms with Gasteiger partial charge in [0.05, 0.1) is 25.5 Å². The van der Waals surface area contributed by atoms with Crippen LogP contribution >= 0.6 is 0 Å². The number of amides is 1. The summed E-state index contributed by atoms with van der Waals surface area (Å²) in [5.41, 5.74) is 3.24. The SMILES string of the molecule is C[C@@H](Nc1nc2c(cnn2C2CCCC2)c(=O)[nH]1)C(=O)Nc1ccc2c(c1)COC2. The summed E-state index contributed by atoms with van der Waals surface area (Å²) in [6.45, 7) is 2.90. The minimum absolute atomic E-state index is 0.221.